The zero-order valence-corrected chi connectivity index (χ0v) is 15.8. The third-order valence-corrected chi connectivity index (χ3v) is 5.31. The molecule has 0 radical (unpaired) electrons. The molecule has 0 atom stereocenters. The van der Waals surface area contributed by atoms with Crippen LogP contribution in [0.4, 0.5) is 11.5 Å². The molecule has 0 aliphatic rings. The highest BCUT2D eigenvalue weighted by atomic mass is 32.2. The van der Waals surface area contributed by atoms with E-state index in [0.29, 0.717) is 11.1 Å². The Morgan fingerprint density at radius 1 is 1.08 bits per heavy atom. The van der Waals surface area contributed by atoms with Crippen LogP contribution in [-0.2, 0) is 10.0 Å². The first-order chi connectivity index (χ1) is 12.3. The fourth-order valence-corrected chi connectivity index (χ4v) is 3.97. The van der Waals surface area contributed by atoms with Gasteiger partial charge in [0.25, 0.3) is 15.9 Å². The smallest absolute Gasteiger partial charge is 0.263 e. The Bertz CT molecular complexity index is 1070. The van der Waals surface area contributed by atoms with Gasteiger partial charge in [-0.3, -0.25) is 4.72 Å². The van der Waals surface area contributed by atoms with Crippen molar-refractivity contribution in [3.63, 3.8) is 0 Å². The van der Waals surface area contributed by atoms with Crippen molar-refractivity contribution in [3.05, 3.63) is 48.3 Å². The predicted octanol–water partition coefficient (Wildman–Crippen LogP) is 2.81. The number of aromatic nitrogens is 2. The van der Waals surface area contributed by atoms with E-state index >= 15 is 0 Å². The van der Waals surface area contributed by atoms with Crippen LogP contribution in [-0.4, -0.2) is 39.6 Å². The van der Waals surface area contributed by atoms with Crippen molar-refractivity contribution in [3.8, 4) is 5.88 Å². The maximum atomic E-state index is 13.0. The van der Waals surface area contributed by atoms with Crippen molar-refractivity contribution in [1.29, 1.82) is 0 Å². The van der Waals surface area contributed by atoms with Crippen molar-refractivity contribution in [2.75, 3.05) is 30.8 Å². The molecular weight excluding hydrogens is 352 g/mol. The first-order valence-corrected chi connectivity index (χ1v) is 9.41. The Balaban J connectivity index is 2.13. The van der Waals surface area contributed by atoms with E-state index in [4.69, 9.17) is 4.74 Å². The number of sulfonamides is 1. The number of ether oxygens (including phenoxy) is 1. The van der Waals surface area contributed by atoms with Crippen LogP contribution in [0, 0.1) is 6.92 Å². The van der Waals surface area contributed by atoms with Gasteiger partial charge in [0.15, 0.2) is 0 Å². The molecule has 136 valence electrons. The van der Waals surface area contributed by atoms with Gasteiger partial charge in [-0.2, -0.15) is 0 Å². The Kier molecular flexibility index (Phi) is 4.69. The monoisotopic (exact) mass is 372 g/mol. The number of anilines is 2. The van der Waals surface area contributed by atoms with Gasteiger partial charge in [0.1, 0.15) is 0 Å². The molecule has 26 heavy (non-hydrogen) atoms. The Labute approximate surface area is 152 Å². The number of fused-ring (bicyclic) bond motifs is 1. The zero-order chi connectivity index (χ0) is 18.9. The summed E-state index contributed by atoms with van der Waals surface area (Å²) in [5.74, 6) is 0.182. The quantitative estimate of drug-likeness (QED) is 0.741. The highest BCUT2D eigenvalue weighted by Crippen LogP contribution is 2.31. The van der Waals surface area contributed by atoms with Crippen molar-refractivity contribution in [2.45, 2.75) is 11.8 Å². The second-order valence-corrected chi connectivity index (χ2v) is 7.65. The molecule has 0 spiro atoms. The molecule has 0 fully saturated rings. The molecule has 0 bridgehead atoms. The number of aryl methyl sites for hydroxylation is 1. The van der Waals surface area contributed by atoms with Gasteiger partial charge in [-0.25, -0.2) is 18.4 Å². The molecule has 3 aromatic rings. The number of hydrogen-bond donors (Lipinski definition) is 1. The van der Waals surface area contributed by atoms with E-state index in [0.717, 1.165) is 11.1 Å². The second kappa shape index (κ2) is 6.80. The zero-order valence-electron chi connectivity index (χ0n) is 15.0. The van der Waals surface area contributed by atoms with Crippen LogP contribution in [0.1, 0.15) is 5.69 Å². The molecule has 0 aliphatic heterocycles. The maximum absolute atomic E-state index is 13.0. The highest BCUT2D eigenvalue weighted by Gasteiger charge is 2.21. The van der Waals surface area contributed by atoms with E-state index in [1.165, 1.54) is 13.3 Å². The molecular formula is C18H20N4O3S. The Hall–Kier alpha value is -2.87. The minimum absolute atomic E-state index is 0.0545. The molecule has 2 aromatic carbocycles. The van der Waals surface area contributed by atoms with E-state index in [2.05, 4.69) is 14.7 Å². The van der Waals surface area contributed by atoms with Crippen LogP contribution < -0.4 is 14.4 Å². The lowest BCUT2D eigenvalue weighted by Gasteiger charge is -2.17. The molecule has 1 heterocycles. The summed E-state index contributed by atoms with van der Waals surface area (Å²) in [6.07, 6.45) is 1.48. The molecule has 1 aromatic heterocycles. The lowest BCUT2D eigenvalue weighted by Crippen LogP contribution is -2.16. The summed E-state index contributed by atoms with van der Waals surface area (Å²) in [6.45, 7) is 1.75. The number of rotatable bonds is 5. The van der Waals surface area contributed by atoms with Gasteiger partial charge >= 0.3 is 0 Å². The van der Waals surface area contributed by atoms with Gasteiger partial charge in [-0.05, 0) is 19.1 Å². The Morgan fingerprint density at radius 2 is 1.77 bits per heavy atom. The number of nitrogens with one attached hydrogen (secondary N) is 1. The topological polar surface area (TPSA) is 84.4 Å². The molecule has 0 unspecified atom stereocenters. The third-order valence-electron chi connectivity index (χ3n) is 3.92. The number of nitrogens with zero attached hydrogens (tertiary/aromatic N) is 3. The van der Waals surface area contributed by atoms with Crippen LogP contribution in [0.15, 0.2) is 47.5 Å². The van der Waals surface area contributed by atoms with E-state index in [1.807, 2.05) is 37.2 Å². The molecule has 8 heteroatoms. The first kappa shape index (κ1) is 17.9. The number of methoxy groups -OCH3 is 1. The summed E-state index contributed by atoms with van der Waals surface area (Å²) in [7, 11) is 1.38. The summed E-state index contributed by atoms with van der Waals surface area (Å²) in [5.41, 5.74) is 1.57. The normalized spacial score (nSPS) is 11.4. The number of hydrogen-bond acceptors (Lipinski definition) is 6. The van der Waals surface area contributed by atoms with E-state index in [1.54, 1.807) is 25.1 Å². The first-order valence-electron chi connectivity index (χ1n) is 7.93. The molecule has 0 aliphatic carbocycles. The standard InChI is InChI=1S/C18H20N4O3S/c1-12-11-19-17(18(20-12)25-4)21-26(23,24)16-10-6-7-13-14(16)8-5-9-15(13)22(2)3/h5-11H,1-4H3,(H,19,21). The summed E-state index contributed by atoms with van der Waals surface area (Å²) < 4.78 is 33.6. The van der Waals surface area contributed by atoms with E-state index in [9.17, 15) is 8.42 Å². The van der Waals surface area contributed by atoms with Crippen LogP contribution in [0.2, 0.25) is 0 Å². The summed E-state index contributed by atoms with van der Waals surface area (Å²) in [5, 5.41) is 1.48. The van der Waals surface area contributed by atoms with Gasteiger partial charge < -0.3 is 9.64 Å². The fraction of sp³-hybridized carbons (Fsp3) is 0.222. The fourth-order valence-electron chi connectivity index (χ4n) is 2.74. The van der Waals surface area contributed by atoms with Gasteiger partial charge in [0.05, 0.1) is 23.9 Å². The second-order valence-electron chi connectivity index (χ2n) is 6.00. The highest BCUT2D eigenvalue weighted by molar-refractivity contribution is 7.93. The molecule has 0 saturated carbocycles. The largest absolute Gasteiger partial charge is 0.478 e. The molecule has 1 N–H and O–H groups in total. The van der Waals surface area contributed by atoms with E-state index in [-0.39, 0.29) is 16.6 Å². The van der Waals surface area contributed by atoms with Crippen LogP contribution in [0.5, 0.6) is 5.88 Å². The lowest BCUT2D eigenvalue weighted by atomic mass is 10.1. The van der Waals surface area contributed by atoms with Crippen molar-refractivity contribution in [2.24, 2.45) is 0 Å². The molecule has 0 amide bonds. The Morgan fingerprint density at radius 3 is 2.46 bits per heavy atom. The van der Waals surface area contributed by atoms with Crippen molar-refractivity contribution in [1.82, 2.24) is 9.97 Å². The van der Waals surface area contributed by atoms with Crippen molar-refractivity contribution >= 4 is 32.3 Å². The van der Waals surface area contributed by atoms with E-state index < -0.39 is 10.0 Å². The number of benzene rings is 2. The summed E-state index contributed by atoms with van der Waals surface area (Å²) in [6, 6.07) is 10.8. The van der Waals surface area contributed by atoms with Gasteiger partial charge in [0.2, 0.25) is 5.82 Å². The minimum atomic E-state index is -3.88. The maximum Gasteiger partial charge on any atom is 0.263 e. The molecule has 0 saturated heterocycles. The van der Waals surface area contributed by atoms with Gasteiger partial charge in [-0.1, -0.05) is 24.3 Å². The van der Waals surface area contributed by atoms with Crippen LogP contribution >= 0.6 is 0 Å². The predicted molar refractivity (Wildman–Crippen MR) is 102 cm³/mol. The van der Waals surface area contributed by atoms with Crippen LogP contribution in [0.3, 0.4) is 0 Å². The average Bonchev–Trinajstić information content (AvgIpc) is 2.61. The van der Waals surface area contributed by atoms with Crippen molar-refractivity contribution < 1.29 is 13.2 Å². The molecule has 7 nitrogen and oxygen atoms in total. The minimum Gasteiger partial charge on any atom is -0.478 e. The SMILES string of the molecule is COc1nc(C)cnc1NS(=O)(=O)c1cccc2c(N(C)C)cccc12. The summed E-state index contributed by atoms with van der Waals surface area (Å²) in [4.78, 5) is 10.4. The third kappa shape index (κ3) is 3.28. The molecule has 3 rings (SSSR count). The average molecular weight is 372 g/mol. The van der Waals surface area contributed by atoms with Crippen LogP contribution in [0.25, 0.3) is 10.8 Å². The lowest BCUT2D eigenvalue weighted by molar-refractivity contribution is 0.397. The van der Waals surface area contributed by atoms with Gasteiger partial charge in [-0.15, -0.1) is 0 Å². The summed E-state index contributed by atoms with van der Waals surface area (Å²) >= 11 is 0. The van der Waals surface area contributed by atoms with Gasteiger partial charge in [0, 0.05) is 30.6 Å².